The largest absolute Gasteiger partial charge is 0.394 e. The molecule has 0 unspecified atom stereocenters. The van der Waals surface area contributed by atoms with Gasteiger partial charge in [-0.25, -0.2) is 0 Å². The minimum absolute atomic E-state index is 0.0752. The van der Waals surface area contributed by atoms with Crippen molar-refractivity contribution in [3.63, 3.8) is 0 Å². The predicted octanol–water partition coefficient (Wildman–Crippen LogP) is -3.44. The topological polar surface area (TPSA) is 149 Å². The summed E-state index contributed by atoms with van der Waals surface area (Å²) in [5, 5.41) is 58.5. The monoisotopic (exact) mass is 324 g/mol. The van der Waals surface area contributed by atoms with Crippen LogP contribution in [0.25, 0.3) is 0 Å². The zero-order chi connectivity index (χ0) is 16.4. The first-order valence-corrected chi connectivity index (χ1v) is 7.21. The van der Waals surface area contributed by atoms with Crippen LogP contribution in [0.15, 0.2) is 0 Å². The summed E-state index contributed by atoms with van der Waals surface area (Å²) in [4.78, 5) is 0. The van der Waals surface area contributed by atoms with Crippen LogP contribution in [0.5, 0.6) is 0 Å². The van der Waals surface area contributed by atoms with Crippen LogP contribution in [0.1, 0.15) is 6.42 Å². The lowest BCUT2D eigenvalue weighted by Crippen LogP contribution is -2.60. The maximum absolute atomic E-state index is 10.1. The van der Waals surface area contributed by atoms with Gasteiger partial charge in [0.2, 0.25) is 0 Å². The summed E-state index contributed by atoms with van der Waals surface area (Å²) in [6.45, 7) is -0.439. The van der Waals surface area contributed by atoms with Crippen molar-refractivity contribution in [1.82, 2.24) is 0 Å². The molecule has 2 saturated heterocycles. The van der Waals surface area contributed by atoms with Gasteiger partial charge in [0.15, 0.2) is 6.29 Å². The summed E-state index contributed by atoms with van der Waals surface area (Å²) < 4.78 is 15.5. The molecule has 0 amide bonds. The number of methoxy groups -OCH3 is 1. The maximum Gasteiger partial charge on any atom is 0.185 e. The van der Waals surface area contributed by atoms with E-state index in [-0.39, 0.29) is 13.0 Å². The Kier molecular flexibility index (Phi) is 6.11. The van der Waals surface area contributed by atoms with Crippen LogP contribution in [-0.4, -0.2) is 100.0 Å². The molecule has 130 valence electrons. The Morgan fingerprint density at radius 2 is 1.55 bits per heavy atom. The van der Waals surface area contributed by atoms with Crippen LogP contribution < -0.4 is 0 Å². The van der Waals surface area contributed by atoms with Crippen LogP contribution in [0.2, 0.25) is 0 Å². The van der Waals surface area contributed by atoms with Gasteiger partial charge in [-0.3, -0.25) is 0 Å². The van der Waals surface area contributed by atoms with E-state index in [1.54, 1.807) is 0 Å². The van der Waals surface area contributed by atoms with E-state index in [9.17, 15) is 25.5 Å². The standard InChI is InChI=1S/C13H24O9/c1-20-13-12(19)8(15)5(4-21-13)2-6-9(16)11(18)10(17)7(3-14)22-6/h5-19H,2-4H2,1H3/t5-,6+,7-,8+,9+,10-,11-,12-,13+/m1/s1. The molecule has 2 fully saturated rings. The number of ether oxygens (including phenoxy) is 3. The smallest absolute Gasteiger partial charge is 0.185 e. The molecule has 0 aromatic heterocycles. The lowest BCUT2D eigenvalue weighted by Gasteiger charge is -2.43. The number of hydrogen-bond acceptors (Lipinski definition) is 9. The van der Waals surface area contributed by atoms with Gasteiger partial charge in [0.05, 0.1) is 25.4 Å². The Bertz CT molecular complexity index is 352. The molecule has 0 aromatic carbocycles. The molecule has 2 aliphatic rings. The van der Waals surface area contributed by atoms with E-state index < -0.39 is 61.5 Å². The molecule has 0 spiro atoms. The Morgan fingerprint density at radius 1 is 0.909 bits per heavy atom. The molecule has 0 radical (unpaired) electrons. The first kappa shape index (κ1) is 18.0. The van der Waals surface area contributed by atoms with Gasteiger partial charge in [0, 0.05) is 13.0 Å². The van der Waals surface area contributed by atoms with E-state index in [1.807, 2.05) is 0 Å². The lowest BCUT2D eigenvalue weighted by molar-refractivity contribution is -0.266. The lowest BCUT2D eigenvalue weighted by atomic mass is 9.85. The van der Waals surface area contributed by atoms with E-state index in [0.29, 0.717) is 0 Å². The molecule has 0 aromatic rings. The highest BCUT2D eigenvalue weighted by molar-refractivity contribution is 4.94. The van der Waals surface area contributed by atoms with Gasteiger partial charge in [0.1, 0.15) is 30.5 Å². The van der Waals surface area contributed by atoms with Crippen LogP contribution in [0.4, 0.5) is 0 Å². The molecule has 2 aliphatic heterocycles. The van der Waals surface area contributed by atoms with E-state index in [4.69, 9.17) is 19.3 Å². The van der Waals surface area contributed by atoms with Gasteiger partial charge in [0.25, 0.3) is 0 Å². The molecule has 9 atom stereocenters. The fourth-order valence-electron chi connectivity index (χ4n) is 2.94. The van der Waals surface area contributed by atoms with Gasteiger partial charge in [-0.15, -0.1) is 0 Å². The highest BCUT2D eigenvalue weighted by atomic mass is 16.7. The summed E-state index contributed by atoms with van der Waals surface area (Å²) in [5.41, 5.74) is 0. The quantitative estimate of drug-likeness (QED) is 0.310. The minimum Gasteiger partial charge on any atom is -0.394 e. The second-order valence-corrected chi connectivity index (χ2v) is 5.78. The number of aliphatic hydroxyl groups is 6. The number of aliphatic hydroxyl groups excluding tert-OH is 6. The average molecular weight is 324 g/mol. The Labute approximate surface area is 127 Å². The molecule has 2 heterocycles. The third-order valence-electron chi connectivity index (χ3n) is 4.34. The molecule has 0 bridgehead atoms. The predicted molar refractivity (Wildman–Crippen MR) is 70.6 cm³/mol. The van der Waals surface area contributed by atoms with Gasteiger partial charge in [-0.1, -0.05) is 0 Å². The van der Waals surface area contributed by atoms with Crippen molar-refractivity contribution in [2.75, 3.05) is 20.3 Å². The molecular weight excluding hydrogens is 300 g/mol. The highest BCUT2D eigenvalue weighted by Crippen LogP contribution is 2.30. The molecule has 0 saturated carbocycles. The van der Waals surface area contributed by atoms with Crippen molar-refractivity contribution in [3.8, 4) is 0 Å². The third-order valence-corrected chi connectivity index (χ3v) is 4.34. The van der Waals surface area contributed by atoms with Crippen molar-refractivity contribution in [2.24, 2.45) is 5.92 Å². The van der Waals surface area contributed by atoms with Crippen LogP contribution in [0, 0.1) is 5.92 Å². The first-order chi connectivity index (χ1) is 10.4. The van der Waals surface area contributed by atoms with Gasteiger partial charge in [-0.2, -0.15) is 0 Å². The summed E-state index contributed by atoms with van der Waals surface area (Å²) in [6, 6.07) is 0. The van der Waals surface area contributed by atoms with Crippen LogP contribution in [0.3, 0.4) is 0 Å². The summed E-state index contributed by atoms with van der Waals surface area (Å²) in [5.74, 6) is -0.553. The van der Waals surface area contributed by atoms with E-state index in [0.717, 1.165) is 0 Å². The van der Waals surface area contributed by atoms with E-state index in [2.05, 4.69) is 0 Å². The van der Waals surface area contributed by atoms with E-state index in [1.165, 1.54) is 7.11 Å². The van der Waals surface area contributed by atoms with Crippen LogP contribution >= 0.6 is 0 Å². The second kappa shape index (κ2) is 7.47. The summed E-state index contributed by atoms with van der Waals surface area (Å²) in [6.07, 6.45) is -9.41. The fraction of sp³-hybridized carbons (Fsp3) is 1.00. The van der Waals surface area contributed by atoms with E-state index >= 15 is 0 Å². The molecule has 6 N–H and O–H groups in total. The van der Waals surface area contributed by atoms with Crippen LogP contribution in [-0.2, 0) is 14.2 Å². The Morgan fingerprint density at radius 3 is 2.14 bits per heavy atom. The molecule has 9 heteroatoms. The first-order valence-electron chi connectivity index (χ1n) is 7.21. The summed E-state index contributed by atoms with van der Waals surface area (Å²) >= 11 is 0. The maximum atomic E-state index is 10.1. The molecule has 9 nitrogen and oxygen atoms in total. The number of hydrogen-bond donors (Lipinski definition) is 6. The number of rotatable bonds is 4. The molecule has 0 aliphatic carbocycles. The Hall–Kier alpha value is -0.360. The molecular formula is C13H24O9. The van der Waals surface area contributed by atoms with Gasteiger partial charge < -0.3 is 44.8 Å². The third kappa shape index (κ3) is 3.42. The molecule has 22 heavy (non-hydrogen) atoms. The van der Waals surface area contributed by atoms with Gasteiger partial charge in [-0.05, 0) is 6.42 Å². The molecule has 2 rings (SSSR count). The second-order valence-electron chi connectivity index (χ2n) is 5.78. The normalized spacial score (nSPS) is 50.0. The Balaban J connectivity index is 2.00. The highest BCUT2D eigenvalue weighted by Gasteiger charge is 2.46. The zero-order valence-electron chi connectivity index (χ0n) is 12.2. The average Bonchev–Trinajstić information content (AvgIpc) is 2.52. The van der Waals surface area contributed by atoms with Crippen molar-refractivity contribution >= 4 is 0 Å². The van der Waals surface area contributed by atoms with Crippen molar-refractivity contribution in [1.29, 1.82) is 0 Å². The van der Waals surface area contributed by atoms with Crippen molar-refractivity contribution in [3.05, 3.63) is 0 Å². The minimum atomic E-state index is -1.46. The van der Waals surface area contributed by atoms with Crippen molar-refractivity contribution in [2.45, 2.75) is 55.4 Å². The SMILES string of the molecule is CO[C@H]1OC[C@@H](C[C@@H]2O[C@H](CO)[C@@H](O)[C@H](O)[C@H]2O)[C@H](O)[C@H]1O. The fourth-order valence-corrected chi connectivity index (χ4v) is 2.94. The van der Waals surface area contributed by atoms with Gasteiger partial charge >= 0.3 is 0 Å². The zero-order valence-corrected chi connectivity index (χ0v) is 12.2. The summed E-state index contributed by atoms with van der Waals surface area (Å²) in [7, 11) is 1.35. The van der Waals surface area contributed by atoms with Crippen molar-refractivity contribution < 1.29 is 44.8 Å².